The van der Waals surface area contributed by atoms with E-state index in [0.29, 0.717) is 17.1 Å². The molecule has 3 aromatic heterocycles. The molecule has 0 bridgehead atoms. The summed E-state index contributed by atoms with van der Waals surface area (Å²) in [4.78, 5) is 47.6. The van der Waals surface area contributed by atoms with E-state index in [-0.39, 0.29) is 24.2 Å². The lowest BCUT2D eigenvalue weighted by atomic mass is 9.99. The predicted molar refractivity (Wildman–Crippen MR) is 138 cm³/mol. The third-order valence-corrected chi connectivity index (χ3v) is 6.67. The maximum absolute atomic E-state index is 13.4. The Morgan fingerprint density at radius 2 is 1.82 bits per heavy atom. The molecule has 38 heavy (non-hydrogen) atoms. The zero-order chi connectivity index (χ0) is 26.9. The molecule has 0 aliphatic heterocycles. The molecule has 0 radical (unpaired) electrons. The molecule has 1 atom stereocenters. The maximum atomic E-state index is 13.4. The van der Waals surface area contributed by atoms with Crippen molar-refractivity contribution in [3.63, 3.8) is 0 Å². The summed E-state index contributed by atoms with van der Waals surface area (Å²) in [6.45, 7) is 3.23. The first-order chi connectivity index (χ1) is 18.3. The first kappa shape index (κ1) is 25.0. The molecule has 1 saturated carbocycles. The minimum atomic E-state index is -0.948. The zero-order valence-electron chi connectivity index (χ0n) is 21.0. The minimum Gasteiger partial charge on any atom is -0.417 e. The molecular weight excluding hydrogens is 486 g/mol. The molecule has 0 unspecified atom stereocenters. The normalized spacial score (nSPS) is 14.7. The van der Waals surface area contributed by atoms with Crippen LogP contribution in [0.25, 0.3) is 11.3 Å². The van der Waals surface area contributed by atoms with Crippen molar-refractivity contribution in [3.8, 4) is 11.3 Å². The molecule has 194 valence electrons. The van der Waals surface area contributed by atoms with Crippen molar-refractivity contribution >= 4 is 17.5 Å². The molecule has 4 aromatic rings. The lowest BCUT2D eigenvalue weighted by Crippen LogP contribution is -2.46. The Bertz CT molecular complexity index is 1530. The summed E-state index contributed by atoms with van der Waals surface area (Å²) in [6, 6.07) is 13.7. The van der Waals surface area contributed by atoms with E-state index < -0.39 is 28.7 Å². The van der Waals surface area contributed by atoms with Crippen LogP contribution in [0, 0.1) is 5.92 Å². The molecule has 1 amide bonds. The molecule has 11 nitrogen and oxygen atoms in total. The van der Waals surface area contributed by atoms with Gasteiger partial charge in [-0.3, -0.25) is 23.9 Å². The molecule has 0 spiro atoms. The summed E-state index contributed by atoms with van der Waals surface area (Å²) in [6.07, 6.45) is 4.72. The van der Waals surface area contributed by atoms with Crippen LogP contribution in [0.2, 0.25) is 0 Å². The van der Waals surface area contributed by atoms with E-state index in [0.717, 1.165) is 18.5 Å². The van der Waals surface area contributed by atoms with Gasteiger partial charge in [-0.05, 0) is 36.5 Å². The van der Waals surface area contributed by atoms with Crippen LogP contribution in [0.5, 0.6) is 0 Å². The van der Waals surface area contributed by atoms with Crippen LogP contribution in [-0.4, -0.2) is 42.5 Å². The number of nitrogens with zero attached hydrogens (tertiary/aromatic N) is 5. The van der Waals surface area contributed by atoms with Gasteiger partial charge in [0.1, 0.15) is 6.54 Å². The van der Waals surface area contributed by atoms with Crippen LogP contribution in [0.1, 0.15) is 49.0 Å². The fourth-order valence-corrected chi connectivity index (χ4v) is 4.40. The van der Waals surface area contributed by atoms with E-state index in [1.807, 2.05) is 36.4 Å². The summed E-state index contributed by atoms with van der Waals surface area (Å²) >= 11 is 0. The molecule has 5 rings (SSSR count). The van der Waals surface area contributed by atoms with Gasteiger partial charge in [-0.15, -0.1) is 10.2 Å². The van der Waals surface area contributed by atoms with Crippen molar-refractivity contribution in [1.82, 2.24) is 30.0 Å². The molecule has 1 aliphatic rings. The summed E-state index contributed by atoms with van der Waals surface area (Å²) in [5.74, 6) is -1.42. The van der Waals surface area contributed by atoms with E-state index >= 15 is 0 Å². The predicted octanol–water partition coefficient (Wildman–Crippen LogP) is 2.37. The highest BCUT2D eigenvalue weighted by Crippen LogP contribution is 2.52. The summed E-state index contributed by atoms with van der Waals surface area (Å²) in [5, 5.41) is 10.9. The maximum Gasteiger partial charge on any atom is 0.294 e. The van der Waals surface area contributed by atoms with Gasteiger partial charge in [0, 0.05) is 6.20 Å². The van der Waals surface area contributed by atoms with Crippen molar-refractivity contribution in [3.05, 3.63) is 88.8 Å². The number of pyridine rings is 1. The number of amides is 1. The minimum absolute atomic E-state index is 0.184. The number of Topliss-reactive ketones (excluding diaryl/α,β-unsaturated/α-hetero) is 1. The fraction of sp³-hybridized carbons (Fsp3) is 0.296. The Morgan fingerprint density at radius 1 is 1.08 bits per heavy atom. The topological polar surface area (TPSA) is 159 Å². The number of carbonyl (C=O) groups is 2. The molecule has 3 heterocycles. The first-order valence-corrected chi connectivity index (χ1v) is 12.3. The van der Waals surface area contributed by atoms with E-state index in [9.17, 15) is 14.4 Å². The first-order valence-electron chi connectivity index (χ1n) is 12.3. The number of benzene rings is 1. The van der Waals surface area contributed by atoms with Gasteiger partial charge in [0.2, 0.25) is 17.6 Å². The molecule has 1 aromatic carbocycles. The average Bonchev–Trinajstić information content (AvgIpc) is 3.59. The number of carbonyl (C=O) groups excluding carboxylic acids is 2. The van der Waals surface area contributed by atoms with Gasteiger partial charge >= 0.3 is 0 Å². The number of ketones is 1. The smallest absolute Gasteiger partial charge is 0.294 e. The zero-order valence-corrected chi connectivity index (χ0v) is 21.0. The van der Waals surface area contributed by atoms with Crippen LogP contribution < -0.4 is 16.6 Å². The van der Waals surface area contributed by atoms with Gasteiger partial charge < -0.3 is 15.5 Å². The Kier molecular flexibility index (Phi) is 6.58. The summed E-state index contributed by atoms with van der Waals surface area (Å²) in [7, 11) is 0. The standard InChI is InChI=1S/C27H27N7O4/c1-16(2)21(22(36)24-32-33-26(38-24)27(11-12-27)19-10-6-7-13-29-19)31-20(35)15-34-18(14-30-23(28)25(34)37)17-8-4-3-5-9-17/h3-10,13-14,16,21H,11-12,15H2,1-2H3,(H2,28,30)(H,31,35)/t21-/m0/s1. The SMILES string of the molecule is CC(C)[C@H](NC(=O)Cn1c(-c2ccccc2)cnc(N)c1=O)C(=O)c1nnc(C2(c3ccccn3)CC2)o1. The summed E-state index contributed by atoms with van der Waals surface area (Å²) in [5.41, 5.74) is 6.59. The molecule has 11 heteroatoms. The van der Waals surface area contributed by atoms with E-state index in [4.69, 9.17) is 10.2 Å². The fourth-order valence-electron chi connectivity index (χ4n) is 4.40. The van der Waals surface area contributed by atoms with Gasteiger partial charge in [-0.25, -0.2) is 4.98 Å². The number of nitrogens with one attached hydrogen (secondary N) is 1. The Labute approximate surface area is 218 Å². The molecule has 1 aliphatic carbocycles. The highest BCUT2D eigenvalue weighted by atomic mass is 16.4. The Morgan fingerprint density at radius 3 is 2.47 bits per heavy atom. The molecule has 0 saturated heterocycles. The average molecular weight is 514 g/mol. The van der Waals surface area contributed by atoms with Crippen molar-refractivity contribution in [2.75, 3.05) is 5.73 Å². The van der Waals surface area contributed by atoms with Gasteiger partial charge in [-0.1, -0.05) is 50.2 Å². The third kappa shape index (κ3) is 4.70. The number of aromatic nitrogens is 5. The molecular formula is C27H27N7O4. The summed E-state index contributed by atoms with van der Waals surface area (Å²) < 4.78 is 7.07. The van der Waals surface area contributed by atoms with Crippen molar-refractivity contribution in [1.29, 1.82) is 0 Å². The van der Waals surface area contributed by atoms with E-state index in [2.05, 4.69) is 25.5 Å². The van der Waals surface area contributed by atoms with Crippen LogP contribution >= 0.6 is 0 Å². The van der Waals surface area contributed by atoms with Gasteiger partial charge in [0.05, 0.1) is 29.0 Å². The van der Waals surface area contributed by atoms with Crippen molar-refractivity contribution in [2.24, 2.45) is 5.92 Å². The number of nitrogens with two attached hydrogens (primary N) is 1. The second-order valence-corrected chi connectivity index (χ2v) is 9.65. The van der Waals surface area contributed by atoms with E-state index in [1.54, 1.807) is 32.2 Å². The monoisotopic (exact) mass is 513 g/mol. The third-order valence-electron chi connectivity index (χ3n) is 6.67. The second kappa shape index (κ2) is 10.0. The molecule has 1 fully saturated rings. The Balaban J connectivity index is 1.36. The largest absolute Gasteiger partial charge is 0.417 e. The number of hydrogen-bond donors (Lipinski definition) is 2. The highest BCUT2D eigenvalue weighted by Gasteiger charge is 2.52. The van der Waals surface area contributed by atoms with Gasteiger partial charge in [-0.2, -0.15) is 0 Å². The van der Waals surface area contributed by atoms with Crippen LogP contribution in [0.4, 0.5) is 5.82 Å². The lowest BCUT2D eigenvalue weighted by Gasteiger charge is -2.20. The Hall–Kier alpha value is -4.67. The number of nitrogen functional groups attached to an aromatic ring is 1. The number of anilines is 1. The van der Waals surface area contributed by atoms with Gasteiger partial charge in [0.15, 0.2) is 5.82 Å². The number of hydrogen-bond acceptors (Lipinski definition) is 9. The molecule has 3 N–H and O–H groups in total. The quantitative estimate of drug-likeness (QED) is 0.320. The van der Waals surface area contributed by atoms with Crippen molar-refractivity contribution in [2.45, 2.75) is 44.7 Å². The second-order valence-electron chi connectivity index (χ2n) is 9.65. The van der Waals surface area contributed by atoms with Crippen LogP contribution in [0.3, 0.4) is 0 Å². The number of rotatable bonds is 9. The van der Waals surface area contributed by atoms with Crippen LogP contribution in [0.15, 0.2) is 70.1 Å². The van der Waals surface area contributed by atoms with Crippen molar-refractivity contribution < 1.29 is 14.0 Å². The lowest BCUT2D eigenvalue weighted by molar-refractivity contribution is -0.122. The van der Waals surface area contributed by atoms with Gasteiger partial charge in [0.25, 0.3) is 11.4 Å². The van der Waals surface area contributed by atoms with Crippen LogP contribution in [-0.2, 0) is 16.8 Å². The van der Waals surface area contributed by atoms with E-state index in [1.165, 1.54) is 10.8 Å². The highest BCUT2D eigenvalue weighted by molar-refractivity contribution is 5.98.